The monoisotopic (exact) mass is 376 g/mol. The topological polar surface area (TPSA) is 52.2 Å². The zero-order valence-corrected chi connectivity index (χ0v) is 14.8. The maximum Gasteiger partial charge on any atom is 0.336 e. The van der Waals surface area contributed by atoms with Crippen molar-refractivity contribution in [2.24, 2.45) is 4.99 Å². The molecular formula is C17H17BrN2O3. The van der Waals surface area contributed by atoms with Gasteiger partial charge in [0.1, 0.15) is 5.92 Å². The van der Waals surface area contributed by atoms with Crippen LogP contribution < -0.4 is 0 Å². The molecule has 2 atom stereocenters. The average molecular weight is 377 g/mol. The van der Waals surface area contributed by atoms with Crippen LogP contribution in [-0.4, -0.2) is 38.5 Å². The van der Waals surface area contributed by atoms with E-state index in [1.165, 1.54) is 7.11 Å². The Balaban J connectivity index is 2.71. The number of halogens is 1. The summed E-state index contributed by atoms with van der Waals surface area (Å²) in [6.45, 7) is 9.55. The summed E-state index contributed by atoms with van der Waals surface area (Å²) in [6, 6.07) is 7.01. The second kappa shape index (κ2) is 7.53. The van der Waals surface area contributed by atoms with Crippen LogP contribution in [0.4, 0.5) is 0 Å². The first kappa shape index (κ1) is 17.4. The van der Waals surface area contributed by atoms with E-state index in [0.717, 1.165) is 10.0 Å². The fourth-order valence-corrected chi connectivity index (χ4v) is 3.27. The summed E-state index contributed by atoms with van der Waals surface area (Å²) in [5.41, 5.74) is 2.42. The first-order chi connectivity index (χ1) is 11.0. The van der Waals surface area contributed by atoms with E-state index in [1.807, 2.05) is 24.3 Å². The highest BCUT2D eigenvalue weighted by Crippen LogP contribution is 2.40. The first-order valence-electron chi connectivity index (χ1n) is 7.01. The van der Waals surface area contributed by atoms with E-state index in [-0.39, 0.29) is 6.61 Å². The first-order valence-corrected chi connectivity index (χ1v) is 7.80. The van der Waals surface area contributed by atoms with E-state index in [2.05, 4.69) is 25.8 Å². The lowest BCUT2D eigenvalue weighted by Gasteiger charge is -2.27. The van der Waals surface area contributed by atoms with Crippen LogP contribution in [0.3, 0.4) is 0 Å². The van der Waals surface area contributed by atoms with Gasteiger partial charge in [-0.05, 0) is 18.6 Å². The third-order valence-electron chi connectivity index (χ3n) is 3.74. The van der Waals surface area contributed by atoms with Crippen LogP contribution in [0.15, 0.2) is 45.0 Å². The molecule has 5 nitrogen and oxygen atoms in total. The van der Waals surface area contributed by atoms with Crippen molar-refractivity contribution in [3.63, 3.8) is 0 Å². The molecule has 0 N–H and O–H groups in total. The number of carbonyl (C=O) groups excluding carboxylic acids is 1. The number of nitrogens with zero attached hydrogens (tertiary/aromatic N) is 2. The van der Waals surface area contributed by atoms with Crippen molar-refractivity contribution < 1.29 is 14.3 Å². The van der Waals surface area contributed by atoms with E-state index in [9.17, 15) is 4.79 Å². The molecule has 0 radical (unpaired) electrons. The molecule has 1 aromatic carbocycles. The predicted molar refractivity (Wildman–Crippen MR) is 91.3 cm³/mol. The van der Waals surface area contributed by atoms with Gasteiger partial charge in [-0.3, -0.25) is 4.99 Å². The molecule has 0 aromatic heterocycles. The summed E-state index contributed by atoms with van der Waals surface area (Å²) < 4.78 is 11.0. The summed E-state index contributed by atoms with van der Waals surface area (Å²) >= 11 is 3.52. The summed E-state index contributed by atoms with van der Waals surface area (Å²) in [6.07, 6.45) is 0. The van der Waals surface area contributed by atoms with Crippen LogP contribution in [0.1, 0.15) is 18.4 Å². The lowest BCUT2D eigenvalue weighted by Crippen LogP contribution is -2.33. The average Bonchev–Trinajstić information content (AvgIpc) is 2.54. The molecule has 2 unspecified atom stereocenters. The standard InChI is InChI=1S/C17H17BrN2O3/c1-10-16(19-2)14(11-7-5-6-8-12(11)18)15(17(21)23-4)13(20-10)9-22-3/h5-8,14,16H,9H2,1,3-4H3. The van der Waals surface area contributed by atoms with Gasteiger partial charge in [0.15, 0.2) is 0 Å². The Morgan fingerprint density at radius 1 is 1.39 bits per heavy atom. The van der Waals surface area contributed by atoms with E-state index in [1.54, 1.807) is 14.0 Å². The molecule has 0 aliphatic carbocycles. The molecule has 0 amide bonds. The molecule has 0 fully saturated rings. The molecule has 0 saturated carbocycles. The number of carbonyl (C=O) groups is 1. The Bertz CT molecular complexity index is 719. The molecule has 1 heterocycles. The van der Waals surface area contributed by atoms with Crippen molar-refractivity contribution >= 4 is 27.6 Å². The van der Waals surface area contributed by atoms with Gasteiger partial charge in [-0.15, -0.1) is 0 Å². The van der Waals surface area contributed by atoms with Crippen LogP contribution in [0.25, 0.3) is 4.85 Å². The second-order valence-corrected chi connectivity index (χ2v) is 5.97. The van der Waals surface area contributed by atoms with Gasteiger partial charge < -0.3 is 14.3 Å². The van der Waals surface area contributed by atoms with Crippen molar-refractivity contribution in [3.05, 3.63) is 57.0 Å². The summed E-state index contributed by atoms with van der Waals surface area (Å²) in [5, 5.41) is 0. The Labute approximate surface area is 144 Å². The molecule has 0 spiro atoms. The predicted octanol–water partition coefficient (Wildman–Crippen LogP) is 3.37. The molecular weight excluding hydrogens is 360 g/mol. The van der Waals surface area contributed by atoms with Crippen LogP contribution in [0.5, 0.6) is 0 Å². The fraction of sp³-hybridized carbons (Fsp3) is 0.353. The quantitative estimate of drug-likeness (QED) is 0.597. The van der Waals surface area contributed by atoms with Gasteiger partial charge in [0, 0.05) is 11.6 Å². The van der Waals surface area contributed by atoms with Gasteiger partial charge in [-0.1, -0.05) is 34.1 Å². The molecule has 2 rings (SSSR count). The van der Waals surface area contributed by atoms with Crippen molar-refractivity contribution in [1.29, 1.82) is 0 Å². The van der Waals surface area contributed by atoms with Crippen molar-refractivity contribution in [2.75, 3.05) is 20.8 Å². The van der Waals surface area contributed by atoms with E-state index >= 15 is 0 Å². The van der Waals surface area contributed by atoms with E-state index in [0.29, 0.717) is 17.0 Å². The molecule has 1 aliphatic heterocycles. The van der Waals surface area contributed by atoms with Crippen LogP contribution in [0.2, 0.25) is 0 Å². The number of hydrogen-bond acceptors (Lipinski definition) is 4. The van der Waals surface area contributed by atoms with Crippen molar-refractivity contribution in [3.8, 4) is 0 Å². The number of rotatable bonds is 4. The number of ether oxygens (including phenoxy) is 2. The fourth-order valence-electron chi connectivity index (χ4n) is 2.74. The van der Waals surface area contributed by atoms with Crippen LogP contribution in [-0.2, 0) is 14.3 Å². The zero-order valence-electron chi connectivity index (χ0n) is 13.2. The lowest BCUT2D eigenvalue weighted by molar-refractivity contribution is -0.136. The Hall–Kier alpha value is -1.97. The minimum atomic E-state index is -0.552. The smallest absolute Gasteiger partial charge is 0.336 e. The summed E-state index contributed by atoms with van der Waals surface area (Å²) in [5.74, 6) is -0.930. The summed E-state index contributed by atoms with van der Waals surface area (Å²) in [7, 11) is 2.87. The molecule has 120 valence electrons. The maximum atomic E-state index is 12.4. The normalized spacial score (nSPS) is 20.7. The van der Waals surface area contributed by atoms with Gasteiger partial charge in [0.2, 0.25) is 0 Å². The number of benzene rings is 1. The SMILES string of the molecule is [C-]#[N+]C1C(C)=NC(COC)=C(C(=O)OC)C1c1ccccc1Br. The lowest BCUT2D eigenvalue weighted by atomic mass is 9.80. The van der Waals surface area contributed by atoms with Gasteiger partial charge in [0.25, 0.3) is 6.04 Å². The maximum absolute atomic E-state index is 12.4. The Kier molecular flexibility index (Phi) is 5.69. The van der Waals surface area contributed by atoms with Gasteiger partial charge in [-0.25, -0.2) is 11.4 Å². The molecule has 6 heteroatoms. The Morgan fingerprint density at radius 2 is 2.09 bits per heavy atom. The molecule has 1 aromatic rings. The minimum Gasteiger partial charge on any atom is -0.466 e. The molecule has 0 bridgehead atoms. The number of hydrogen-bond donors (Lipinski definition) is 0. The highest BCUT2D eigenvalue weighted by Gasteiger charge is 2.43. The minimum absolute atomic E-state index is 0.188. The van der Waals surface area contributed by atoms with Crippen LogP contribution in [0, 0.1) is 6.57 Å². The molecule has 1 aliphatic rings. The molecule has 0 saturated heterocycles. The van der Waals surface area contributed by atoms with Crippen LogP contribution >= 0.6 is 15.9 Å². The largest absolute Gasteiger partial charge is 0.466 e. The number of esters is 1. The van der Waals surface area contributed by atoms with Crippen molar-refractivity contribution in [2.45, 2.75) is 18.9 Å². The number of aliphatic imine (C=N–C) groups is 1. The highest BCUT2D eigenvalue weighted by atomic mass is 79.9. The van der Waals surface area contributed by atoms with E-state index < -0.39 is 17.9 Å². The van der Waals surface area contributed by atoms with Crippen molar-refractivity contribution in [1.82, 2.24) is 0 Å². The zero-order chi connectivity index (χ0) is 17.0. The van der Waals surface area contributed by atoms with Gasteiger partial charge >= 0.3 is 5.97 Å². The van der Waals surface area contributed by atoms with Gasteiger partial charge in [0.05, 0.1) is 30.7 Å². The third kappa shape index (κ3) is 3.36. The van der Waals surface area contributed by atoms with Gasteiger partial charge in [-0.2, -0.15) is 0 Å². The summed E-state index contributed by atoms with van der Waals surface area (Å²) in [4.78, 5) is 20.5. The molecule has 23 heavy (non-hydrogen) atoms. The third-order valence-corrected chi connectivity index (χ3v) is 4.46. The second-order valence-electron chi connectivity index (χ2n) is 5.11. The number of methoxy groups -OCH3 is 2. The van der Waals surface area contributed by atoms with E-state index in [4.69, 9.17) is 16.0 Å². The highest BCUT2D eigenvalue weighted by molar-refractivity contribution is 9.10. The Morgan fingerprint density at radius 3 is 2.65 bits per heavy atom.